The number of anilines is 3. The predicted octanol–water partition coefficient (Wildman–Crippen LogP) is 7.19. The third-order valence-electron chi connectivity index (χ3n) is 15.4. The number of amides is 5. The van der Waals surface area contributed by atoms with Gasteiger partial charge >= 0.3 is 6.03 Å². The van der Waals surface area contributed by atoms with Gasteiger partial charge in [-0.05, 0) is 112 Å². The van der Waals surface area contributed by atoms with Gasteiger partial charge in [0, 0.05) is 143 Å². The number of ether oxygens (including phenoxy) is 1. The molecule has 17 nitrogen and oxygen atoms in total. The number of nitrogen functional groups attached to an aromatic ring is 1. The summed E-state index contributed by atoms with van der Waals surface area (Å²) in [7, 11) is 3.86. The van der Waals surface area contributed by atoms with Crippen LogP contribution in [0.3, 0.4) is 0 Å². The zero-order chi connectivity index (χ0) is 50.8. The van der Waals surface area contributed by atoms with Crippen LogP contribution in [0.4, 0.5) is 22.0 Å². The van der Waals surface area contributed by atoms with Crippen molar-refractivity contribution in [3.8, 4) is 5.75 Å². The average molecular weight is 1020 g/mol. The van der Waals surface area contributed by atoms with Gasteiger partial charge in [0.1, 0.15) is 23.5 Å². The smallest absolute Gasteiger partial charge is 0.329 e. The SMILES string of the molecule is C[C@@H](Oc1ccc(N)c(C(=N)c2ccc(N3CC4(CCN(C(=O)C5CCN(C(=O)CCN6CCC(c7ccc(C(=N)N8CCC(=O)NC8=O)c(N(C)C)c7)CC6)CC5)CC4)C3)nc2)c1)c1c(Cl)cncc1Cl. The van der Waals surface area contributed by atoms with E-state index in [2.05, 4.69) is 37.1 Å². The summed E-state index contributed by atoms with van der Waals surface area (Å²) in [6, 6.07) is 14.6. The monoisotopic (exact) mass is 1020 g/mol. The maximum atomic E-state index is 13.8. The Kier molecular flexibility index (Phi) is 15.1. The molecule has 72 heavy (non-hydrogen) atoms. The Morgan fingerprint density at radius 3 is 2.24 bits per heavy atom. The summed E-state index contributed by atoms with van der Waals surface area (Å²) >= 11 is 12.7. The van der Waals surface area contributed by atoms with E-state index in [0.29, 0.717) is 88.6 Å². The third kappa shape index (κ3) is 10.9. The van der Waals surface area contributed by atoms with Crippen molar-refractivity contribution < 1.29 is 23.9 Å². The molecule has 5 N–H and O–H groups in total. The van der Waals surface area contributed by atoms with Crippen molar-refractivity contribution in [3.05, 3.63) is 105 Å². The van der Waals surface area contributed by atoms with E-state index in [1.165, 1.54) is 22.9 Å². The molecule has 1 spiro atoms. The molecule has 0 radical (unpaired) electrons. The zero-order valence-corrected chi connectivity index (χ0v) is 42.8. The Bertz CT molecular complexity index is 2700. The van der Waals surface area contributed by atoms with E-state index in [9.17, 15) is 19.2 Å². The molecule has 5 amide bonds. The number of benzene rings is 2. The fourth-order valence-electron chi connectivity index (χ4n) is 11.0. The van der Waals surface area contributed by atoms with E-state index < -0.39 is 12.1 Å². The summed E-state index contributed by atoms with van der Waals surface area (Å²) in [6.45, 7) is 9.00. The summed E-state index contributed by atoms with van der Waals surface area (Å²) < 4.78 is 6.17. The Labute approximate surface area is 431 Å². The van der Waals surface area contributed by atoms with Crippen LogP contribution in [-0.2, 0) is 14.4 Å². The molecule has 2 aromatic heterocycles. The van der Waals surface area contributed by atoms with Crippen LogP contribution in [0.5, 0.6) is 5.75 Å². The first-order valence-corrected chi connectivity index (χ1v) is 25.8. The Morgan fingerprint density at radius 2 is 1.58 bits per heavy atom. The summed E-state index contributed by atoms with van der Waals surface area (Å²) in [4.78, 5) is 71.9. The first-order valence-electron chi connectivity index (χ1n) is 25.0. The molecule has 5 aliphatic rings. The molecule has 4 aromatic rings. The van der Waals surface area contributed by atoms with Gasteiger partial charge in [-0.2, -0.15) is 0 Å². The van der Waals surface area contributed by atoms with Crippen LogP contribution in [-0.4, -0.2) is 144 Å². The second-order valence-corrected chi connectivity index (χ2v) is 21.1. The number of carbonyl (C=O) groups excluding carboxylic acids is 4. The van der Waals surface area contributed by atoms with Crippen LogP contribution < -0.4 is 25.6 Å². The molecule has 380 valence electrons. The number of nitrogens with one attached hydrogen (secondary N) is 3. The van der Waals surface area contributed by atoms with Gasteiger partial charge in [-0.25, -0.2) is 9.78 Å². The van der Waals surface area contributed by atoms with Crippen LogP contribution in [0, 0.1) is 22.2 Å². The predicted molar refractivity (Wildman–Crippen MR) is 280 cm³/mol. The standard InChI is InChI=1S/C53H64Cl2N12O5/c1-33(48-41(54)29-59-30-42(48)55)72-38-6-8-43(56)40(27-38)49(57)37-5-9-45(60-28-37)66-31-53(32-66)16-24-65(25-17-53)51(70)35-12-21-64(22-13-35)47(69)15-20-63-18-10-34(11-19-63)36-4-7-39(44(26-36)62(2)3)50(58)67-23-14-46(68)61-52(67)71/h4-9,26-30,33-35,57-58H,10-25,31-32,56H2,1-3H3,(H,61,68,71)/t33-/m1/s1. The van der Waals surface area contributed by atoms with Gasteiger partial charge in [0.2, 0.25) is 17.7 Å². The number of nitrogens with zero attached hydrogens (tertiary/aromatic N) is 8. The van der Waals surface area contributed by atoms with Gasteiger partial charge in [0.05, 0.1) is 15.8 Å². The van der Waals surface area contributed by atoms with E-state index in [-0.39, 0.29) is 53.6 Å². The molecule has 2 aromatic carbocycles. The van der Waals surface area contributed by atoms with E-state index in [4.69, 9.17) is 49.5 Å². The topological polar surface area (TPSA) is 208 Å². The fraction of sp³-hybridized carbons (Fsp3) is 0.472. The van der Waals surface area contributed by atoms with Gasteiger partial charge in [-0.3, -0.25) is 40.4 Å². The maximum absolute atomic E-state index is 13.8. The van der Waals surface area contributed by atoms with Crippen LogP contribution in [0.15, 0.2) is 67.1 Å². The minimum Gasteiger partial charge on any atom is -0.486 e. The summed E-state index contributed by atoms with van der Waals surface area (Å²) in [5, 5.41) is 20.9. The Morgan fingerprint density at radius 1 is 0.875 bits per heavy atom. The molecule has 19 heteroatoms. The molecular weight excluding hydrogens is 956 g/mol. The van der Waals surface area contributed by atoms with Gasteiger partial charge in [0.25, 0.3) is 0 Å². The number of hydrogen-bond acceptors (Lipinski definition) is 13. The van der Waals surface area contributed by atoms with Crippen molar-refractivity contribution in [2.24, 2.45) is 11.3 Å². The summed E-state index contributed by atoms with van der Waals surface area (Å²) in [5.74, 6) is 1.81. The van der Waals surface area contributed by atoms with Gasteiger partial charge < -0.3 is 35.0 Å². The molecule has 0 unspecified atom stereocenters. The highest BCUT2D eigenvalue weighted by Crippen LogP contribution is 2.43. The number of piperidine rings is 3. The van der Waals surface area contributed by atoms with Crippen LogP contribution in [0.1, 0.15) is 98.1 Å². The van der Waals surface area contributed by atoms with Gasteiger partial charge in [-0.15, -0.1) is 0 Å². The lowest BCUT2D eigenvalue weighted by molar-refractivity contribution is -0.142. The molecule has 9 rings (SSSR count). The van der Waals surface area contributed by atoms with Gasteiger partial charge in [-0.1, -0.05) is 29.3 Å². The quantitative estimate of drug-likeness (QED) is 0.0599. The van der Waals surface area contributed by atoms with Crippen molar-refractivity contribution in [1.29, 1.82) is 10.8 Å². The summed E-state index contributed by atoms with van der Waals surface area (Å²) in [6.07, 6.45) is 10.2. The van der Waals surface area contributed by atoms with Crippen LogP contribution in [0.2, 0.25) is 10.0 Å². The molecule has 7 heterocycles. The highest BCUT2D eigenvalue weighted by Gasteiger charge is 2.46. The Hall–Kier alpha value is -6.30. The Balaban J connectivity index is 0.680. The van der Waals surface area contributed by atoms with Crippen LogP contribution in [0.25, 0.3) is 0 Å². The number of carbonyl (C=O) groups is 4. The number of hydrogen-bond donors (Lipinski definition) is 4. The second-order valence-electron chi connectivity index (χ2n) is 20.3. The van der Waals surface area contributed by atoms with E-state index in [1.807, 2.05) is 49.0 Å². The number of likely N-dealkylation sites (tertiary alicyclic amines) is 3. The first-order chi connectivity index (χ1) is 34.6. The first kappa shape index (κ1) is 50.6. The summed E-state index contributed by atoms with van der Waals surface area (Å²) in [5.41, 5.74) is 11.7. The number of urea groups is 1. The number of rotatable bonds is 13. The van der Waals surface area contributed by atoms with E-state index in [1.54, 1.807) is 24.4 Å². The van der Waals surface area contributed by atoms with E-state index >= 15 is 0 Å². The molecule has 0 aliphatic carbocycles. The van der Waals surface area contributed by atoms with Crippen molar-refractivity contribution in [3.63, 3.8) is 0 Å². The minimum absolute atomic E-state index is 0.0526. The zero-order valence-electron chi connectivity index (χ0n) is 41.3. The molecule has 0 bridgehead atoms. The molecule has 5 aliphatic heterocycles. The highest BCUT2D eigenvalue weighted by atomic mass is 35.5. The van der Waals surface area contributed by atoms with Crippen molar-refractivity contribution in [2.45, 2.75) is 70.3 Å². The lowest BCUT2D eigenvalue weighted by Gasteiger charge is -2.54. The molecule has 5 saturated heterocycles. The van der Waals surface area contributed by atoms with Crippen molar-refractivity contribution >= 4 is 75.7 Å². The average Bonchev–Trinajstić information content (AvgIpc) is 3.37. The number of halogens is 2. The maximum Gasteiger partial charge on any atom is 0.329 e. The second kappa shape index (κ2) is 21.4. The normalized spacial score (nSPS) is 19.2. The van der Waals surface area contributed by atoms with Crippen molar-refractivity contribution in [1.82, 2.24) is 34.9 Å². The molecule has 5 fully saturated rings. The minimum atomic E-state index is -0.563. The number of pyridine rings is 2. The van der Waals surface area contributed by atoms with Crippen LogP contribution >= 0.6 is 23.2 Å². The number of nitrogens with two attached hydrogens (primary N) is 1. The fourth-order valence-corrected chi connectivity index (χ4v) is 11.7. The van der Waals surface area contributed by atoms with E-state index in [0.717, 1.165) is 76.5 Å². The lowest BCUT2D eigenvalue weighted by atomic mass is 9.71. The van der Waals surface area contributed by atoms with Gasteiger partial charge in [0.15, 0.2) is 0 Å². The number of imide groups is 1. The third-order valence-corrected chi connectivity index (χ3v) is 16.0. The lowest BCUT2D eigenvalue weighted by Crippen LogP contribution is -2.61. The molecular formula is C53H64Cl2N12O5. The molecule has 1 atom stereocenters. The van der Waals surface area contributed by atoms with Crippen molar-refractivity contribution in [2.75, 3.05) is 95.1 Å². The number of amidine groups is 1. The number of aromatic nitrogens is 2. The largest absolute Gasteiger partial charge is 0.486 e. The highest BCUT2D eigenvalue weighted by molar-refractivity contribution is 6.35. The molecule has 0 saturated carbocycles.